The van der Waals surface area contributed by atoms with Crippen molar-refractivity contribution in [2.75, 3.05) is 34.5 Å². The summed E-state index contributed by atoms with van der Waals surface area (Å²) in [6.45, 7) is 3.25. The zero-order chi connectivity index (χ0) is 21.6. The van der Waals surface area contributed by atoms with Crippen LogP contribution in [0.3, 0.4) is 0 Å². The lowest BCUT2D eigenvalue weighted by molar-refractivity contribution is 0.0675. The van der Waals surface area contributed by atoms with Crippen molar-refractivity contribution < 1.29 is 18.9 Å². The van der Waals surface area contributed by atoms with Gasteiger partial charge in [0.2, 0.25) is 0 Å². The standard InChI is InChI=1S/C25H30N2O4/c1-28-21-9-10-23-19(14-21)7-8-20(26-23)16-27(17-22-5-4-12-31-22)15-18-6-11-24(29-2)25(13-18)30-3/h6-11,13-14,22H,4-5,12,15-17H2,1-3H3. The smallest absolute Gasteiger partial charge is 0.161 e. The number of hydrogen-bond acceptors (Lipinski definition) is 6. The lowest BCUT2D eigenvalue weighted by Crippen LogP contribution is -2.31. The predicted octanol–water partition coefficient (Wildman–Crippen LogP) is 4.44. The van der Waals surface area contributed by atoms with Crippen LogP contribution in [0.15, 0.2) is 48.5 Å². The zero-order valence-electron chi connectivity index (χ0n) is 18.5. The van der Waals surface area contributed by atoms with Crippen LogP contribution in [-0.2, 0) is 17.8 Å². The van der Waals surface area contributed by atoms with Crippen LogP contribution >= 0.6 is 0 Å². The molecular formula is C25H30N2O4. The second-order valence-corrected chi connectivity index (χ2v) is 7.86. The van der Waals surface area contributed by atoms with E-state index in [1.54, 1.807) is 21.3 Å². The van der Waals surface area contributed by atoms with Gasteiger partial charge in [0.25, 0.3) is 0 Å². The molecule has 6 nitrogen and oxygen atoms in total. The molecule has 0 amide bonds. The van der Waals surface area contributed by atoms with Gasteiger partial charge in [-0.3, -0.25) is 9.88 Å². The zero-order valence-corrected chi connectivity index (χ0v) is 18.5. The molecule has 2 heterocycles. The van der Waals surface area contributed by atoms with Crippen molar-refractivity contribution in [2.24, 2.45) is 0 Å². The largest absolute Gasteiger partial charge is 0.497 e. The summed E-state index contributed by atoms with van der Waals surface area (Å²) in [6.07, 6.45) is 2.50. The van der Waals surface area contributed by atoms with Gasteiger partial charge in [-0.1, -0.05) is 12.1 Å². The Morgan fingerprint density at radius 1 is 0.935 bits per heavy atom. The SMILES string of the molecule is COc1ccc2nc(CN(Cc3ccc(OC)c(OC)c3)CC3CCCO3)ccc2c1. The van der Waals surface area contributed by atoms with Gasteiger partial charge in [0.05, 0.1) is 38.6 Å². The van der Waals surface area contributed by atoms with Crippen molar-refractivity contribution in [1.82, 2.24) is 9.88 Å². The Hall–Kier alpha value is -2.83. The summed E-state index contributed by atoms with van der Waals surface area (Å²) in [7, 11) is 5.00. The Balaban J connectivity index is 1.55. The van der Waals surface area contributed by atoms with Crippen LogP contribution in [0.5, 0.6) is 17.2 Å². The molecule has 1 saturated heterocycles. The lowest BCUT2D eigenvalue weighted by Gasteiger charge is -2.25. The quantitative estimate of drug-likeness (QED) is 0.508. The number of benzene rings is 2. The molecule has 4 rings (SSSR count). The Morgan fingerprint density at radius 3 is 2.55 bits per heavy atom. The summed E-state index contributed by atoms with van der Waals surface area (Å²) in [4.78, 5) is 7.28. The molecule has 0 aliphatic carbocycles. The third kappa shape index (κ3) is 5.27. The van der Waals surface area contributed by atoms with Crippen LogP contribution in [0.4, 0.5) is 0 Å². The third-order valence-electron chi connectivity index (χ3n) is 5.68. The van der Waals surface area contributed by atoms with Gasteiger partial charge in [0.15, 0.2) is 11.5 Å². The van der Waals surface area contributed by atoms with Gasteiger partial charge < -0.3 is 18.9 Å². The lowest BCUT2D eigenvalue weighted by atomic mass is 10.1. The monoisotopic (exact) mass is 422 g/mol. The second-order valence-electron chi connectivity index (χ2n) is 7.86. The van der Waals surface area contributed by atoms with Gasteiger partial charge >= 0.3 is 0 Å². The summed E-state index contributed by atoms with van der Waals surface area (Å²) < 4.78 is 22.1. The van der Waals surface area contributed by atoms with Gasteiger partial charge in [-0.2, -0.15) is 0 Å². The molecule has 164 valence electrons. The molecule has 1 aliphatic heterocycles. The highest BCUT2D eigenvalue weighted by molar-refractivity contribution is 5.80. The van der Waals surface area contributed by atoms with Gasteiger partial charge in [-0.25, -0.2) is 0 Å². The number of aromatic nitrogens is 1. The second kappa shape index (κ2) is 9.98. The summed E-state index contributed by atoms with van der Waals surface area (Å²) in [6, 6.07) is 16.3. The van der Waals surface area contributed by atoms with Gasteiger partial charge in [-0.15, -0.1) is 0 Å². The summed E-state index contributed by atoms with van der Waals surface area (Å²) >= 11 is 0. The number of nitrogens with zero attached hydrogens (tertiary/aromatic N) is 2. The number of pyridine rings is 1. The first-order valence-corrected chi connectivity index (χ1v) is 10.7. The fraction of sp³-hybridized carbons (Fsp3) is 0.400. The van der Waals surface area contributed by atoms with Crippen LogP contribution in [0, 0.1) is 0 Å². The van der Waals surface area contributed by atoms with Crippen LogP contribution in [0.25, 0.3) is 10.9 Å². The first-order chi connectivity index (χ1) is 15.2. The van der Waals surface area contributed by atoms with E-state index in [-0.39, 0.29) is 6.10 Å². The Kier molecular flexibility index (Phi) is 6.89. The minimum atomic E-state index is 0.268. The van der Waals surface area contributed by atoms with Crippen LogP contribution in [0.1, 0.15) is 24.1 Å². The van der Waals surface area contributed by atoms with Gasteiger partial charge in [0, 0.05) is 31.6 Å². The number of hydrogen-bond donors (Lipinski definition) is 0. The molecule has 31 heavy (non-hydrogen) atoms. The Morgan fingerprint density at radius 2 is 1.81 bits per heavy atom. The van der Waals surface area contributed by atoms with E-state index in [0.29, 0.717) is 0 Å². The summed E-state index contributed by atoms with van der Waals surface area (Å²) in [5, 5.41) is 1.08. The van der Waals surface area contributed by atoms with Crippen molar-refractivity contribution in [3.05, 3.63) is 59.8 Å². The van der Waals surface area contributed by atoms with E-state index in [1.807, 2.05) is 30.3 Å². The van der Waals surface area contributed by atoms with E-state index in [2.05, 4.69) is 23.1 Å². The van der Waals surface area contributed by atoms with E-state index in [9.17, 15) is 0 Å². The first-order valence-electron chi connectivity index (χ1n) is 10.7. The number of fused-ring (bicyclic) bond motifs is 1. The van der Waals surface area contributed by atoms with Crippen molar-refractivity contribution in [3.63, 3.8) is 0 Å². The van der Waals surface area contributed by atoms with E-state index in [0.717, 1.165) is 72.9 Å². The fourth-order valence-electron chi connectivity index (χ4n) is 4.09. The highest BCUT2D eigenvalue weighted by Crippen LogP contribution is 2.29. The maximum atomic E-state index is 5.92. The number of rotatable bonds is 9. The molecule has 6 heteroatoms. The van der Waals surface area contributed by atoms with Crippen molar-refractivity contribution in [1.29, 1.82) is 0 Å². The molecule has 1 fully saturated rings. The van der Waals surface area contributed by atoms with Gasteiger partial charge in [-0.05, 0) is 54.8 Å². The molecule has 1 unspecified atom stereocenters. The Labute approximate surface area is 183 Å². The fourth-order valence-corrected chi connectivity index (χ4v) is 4.09. The highest BCUT2D eigenvalue weighted by atomic mass is 16.5. The van der Waals surface area contributed by atoms with Gasteiger partial charge in [0.1, 0.15) is 5.75 Å². The topological polar surface area (TPSA) is 53.1 Å². The number of methoxy groups -OCH3 is 3. The van der Waals surface area contributed by atoms with Crippen LogP contribution in [-0.4, -0.2) is 50.5 Å². The average molecular weight is 423 g/mol. The molecule has 1 atom stereocenters. The average Bonchev–Trinajstić information content (AvgIpc) is 3.31. The van der Waals surface area contributed by atoms with E-state index in [4.69, 9.17) is 23.9 Å². The first kappa shape index (κ1) is 21.4. The van der Waals surface area contributed by atoms with Crippen molar-refractivity contribution in [3.8, 4) is 17.2 Å². The molecule has 0 N–H and O–H groups in total. The molecule has 3 aromatic rings. The summed E-state index contributed by atoms with van der Waals surface area (Å²) in [5.41, 5.74) is 3.18. The highest BCUT2D eigenvalue weighted by Gasteiger charge is 2.20. The molecule has 0 saturated carbocycles. The maximum Gasteiger partial charge on any atom is 0.161 e. The third-order valence-corrected chi connectivity index (χ3v) is 5.68. The number of ether oxygens (including phenoxy) is 4. The predicted molar refractivity (Wildman–Crippen MR) is 121 cm³/mol. The minimum absolute atomic E-state index is 0.268. The Bertz CT molecular complexity index is 1020. The molecule has 0 bridgehead atoms. The molecule has 1 aromatic heterocycles. The van der Waals surface area contributed by atoms with Crippen molar-refractivity contribution in [2.45, 2.75) is 32.0 Å². The molecule has 1 aliphatic rings. The molecule has 0 spiro atoms. The van der Waals surface area contributed by atoms with E-state index < -0.39 is 0 Å². The maximum absolute atomic E-state index is 5.92. The minimum Gasteiger partial charge on any atom is -0.497 e. The van der Waals surface area contributed by atoms with Crippen LogP contribution in [0.2, 0.25) is 0 Å². The van der Waals surface area contributed by atoms with E-state index >= 15 is 0 Å². The molecule has 0 radical (unpaired) electrons. The molecule has 2 aromatic carbocycles. The van der Waals surface area contributed by atoms with Crippen LogP contribution < -0.4 is 14.2 Å². The normalized spacial score (nSPS) is 16.1. The summed E-state index contributed by atoms with van der Waals surface area (Å²) in [5.74, 6) is 2.33. The molecular weight excluding hydrogens is 392 g/mol. The van der Waals surface area contributed by atoms with Crippen molar-refractivity contribution >= 4 is 10.9 Å². The van der Waals surface area contributed by atoms with E-state index in [1.165, 1.54) is 5.56 Å².